The summed E-state index contributed by atoms with van der Waals surface area (Å²) in [6.45, 7) is 2.80. The fourth-order valence-corrected chi connectivity index (χ4v) is 4.01. The fourth-order valence-electron chi connectivity index (χ4n) is 2.33. The van der Waals surface area contributed by atoms with Crippen molar-refractivity contribution < 1.29 is 17.9 Å². The van der Waals surface area contributed by atoms with E-state index in [1.165, 1.54) is 5.56 Å². The van der Waals surface area contributed by atoms with Crippen molar-refractivity contribution >= 4 is 15.9 Å². The molecule has 1 aromatic carbocycles. The highest BCUT2D eigenvalue weighted by atomic mass is 32.2. The minimum Gasteiger partial charge on any atom is -0.492 e. The number of rotatable bonds is 6. The maximum absolute atomic E-state index is 11.6. The van der Waals surface area contributed by atoms with Crippen LogP contribution in [-0.2, 0) is 16.3 Å². The van der Waals surface area contributed by atoms with Crippen molar-refractivity contribution in [3.8, 4) is 5.75 Å². The standard InChI is InChI=1S/C15H22N2O4S/c1-2-12-4-3-5-14(10-12)21-8-7-16-15(18)17-13-6-9-22(19,20)11-13/h3-5,10,13H,2,6-9,11H2,1H3,(H2,16,17,18). The molecular weight excluding hydrogens is 304 g/mol. The average molecular weight is 326 g/mol. The molecule has 0 aromatic heterocycles. The molecule has 2 rings (SSSR count). The number of ether oxygens (including phenoxy) is 1. The number of amides is 2. The van der Waals surface area contributed by atoms with Crippen molar-refractivity contribution in [2.45, 2.75) is 25.8 Å². The Morgan fingerprint density at radius 2 is 2.23 bits per heavy atom. The van der Waals surface area contributed by atoms with Crippen LogP contribution in [0.4, 0.5) is 4.79 Å². The van der Waals surface area contributed by atoms with Gasteiger partial charge in [-0.05, 0) is 30.5 Å². The molecule has 0 aliphatic carbocycles. The molecule has 1 unspecified atom stereocenters. The Kier molecular flexibility index (Phi) is 5.65. The minimum absolute atomic E-state index is 0.0285. The number of aryl methyl sites for hydroxylation is 1. The molecule has 7 heteroatoms. The number of hydrogen-bond donors (Lipinski definition) is 2. The third kappa shape index (κ3) is 5.22. The first kappa shape index (κ1) is 16.6. The van der Waals surface area contributed by atoms with Gasteiger partial charge in [-0.3, -0.25) is 0 Å². The molecule has 2 amide bonds. The van der Waals surface area contributed by atoms with Crippen LogP contribution in [0.15, 0.2) is 24.3 Å². The van der Waals surface area contributed by atoms with Gasteiger partial charge >= 0.3 is 6.03 Å². The van der Waals surface area contributed by atoms with Gasteiger partial charge in [-0.1, -0.05) is 19.1 Å². The molecule has 22 heavy (non-hydrogen) atoms. The molecule has 2 N–H and O–H groups in total. The van der Waals surface area contributed by atoms with Gasteiger partial charge in [0.25, 0.3) is 0 Å². The number of sulfone groups is 1. The van der Waals surface area contributed by atoms with Gasteiger partial charge in [0, 0.05) is 6.04 Å². The predicted octanol–water partition coefficient (Wildman–Crippen LogP) is 1.11. The van der Waals surface area contributed by atoms with Crippen molar-refractivity contribution in [3.05, 3.63) is 29.8 Å². The Balaban J connectivity index is 1.65. The van der Waals surface area contributed by atoms with Crippen LogP contribution < -0.4 is 15.4 Å². The molecule has 122 valence electrons. The zero-order valence-corrected chi connectivity index (χ0v) is 13.5. The second kappa shape index (κ2) is 7.49. The molecule has 1 aromatic rings. The summed E-state index contributed by atoms with van der Waals surface area (Å²) in [5.74, 6) is 0.957. The first-order chi connectivity index (χ1) is 10.5. The first-order valence-corrected chi connectivity index (χ1v) is 9.27. The van der Waals surface area contributed by atoms with E-state index in [9.17, 15) is 13.2 Å². The first-order valence-electron chi connectivity index (χ1n) is 7.45. The summed E-state index contributed by atoms with van der Waals surface area (Å²) in [5.41, 5.74) is 1.20. The highest BCUT2D eigenvalue weighted by Gasteiger charge is 2.28. The summed E-state index contributed by atoms with van der Waals surface area (Å²) >= 11 is 0. The molecule has 1 aliphatic heterocycles. The lowest BCUT2D eigenvalue weighted by molar-refractivity contribution is 0.233. The molecule has 0 bridgehead atoms. The summed E-state index contributed by atoms with van der Waals surface area (Å²) in [6, 6.07) is 7.19. The number of carbonyl (C=O) groups excluding carboxylic acids is 1. The van der Waals surface area contributed by atoms with Crippen LogP contribution in [0.5, 0.6) is 5.75 Å². The van der Waals surface area contributed by atoms with Crippen LogP contribution in [-0.4, -0.2) is 45.1 Å². The predicted molar refractivity (Wildman–Crippen MR) is 84.9 cm³/mol. The lowest BCUT2D eigenvalue weighted by Gasteiger charge is -2.12. The van der Waals surface area contributed by atoms with E-state index >= 15 is 0 Å². The van der Waals surface area contributed by atoms with E-state index in [1.54, 1.807) is 0 Å². The van der Waals surface area contributed by atoms with E-state index in [0.29, 0.717) is 19.6 Å². The van der Waals surface area contributed by atoms with Crippen molar-refractivity contribution in [2.24, 2.45) is 0 Å². The van der Waals surface area contributed by atoms with Crippen LogP contribution in [0.2, 0.25) is 0 Å². The maximum Gasteiger partial charge on any atom is 0.315 e. The van der Waals surface area contributed by atoms with Crippen LogP contribution in [0, 0.1) is 0 Å². The lowest BCUT2D eigenvalue weighted by Crippen LogP contribution is -2.43. The van der Waals surface area contributed by atoms with E-state index < -0.39 is 9.84 Å². The average Bonchev–Trinajstić information content (AvgIpc) is 2.82. The van der Waals surface area contributed by atoms with Crippen molar-refractivity contribution in [2.75, 3.05) is 24.7 Å². The fraction of sp³-hybridized carbons (Fsp3) is 0.533. The largest absolute Gasteiger partial charge is 0.492 e. The number of urea groups is 1. The van der Waals surface area contributed by atoms with Crippen LogP contribution in [0.1, 0.15) is 18.9 Å². The monoisotopic (exact) mass is 326 g/mol. The quantitative estimate of drug-likeness (QED) is 0.767. The zero-order chi connectivity index (χ0) is 16.0. The molecule has 6 nitrogen and oxygen atoms in total. The molecule has 1 aliphatic rings. The van der Waals surface area contributed by atoms with Gasteiger partial charge in [-0.15, -0.1) is 0 Å². The summed E-state index contributed by atoms with van der Waals surface area (Å²) in [7, 11) is -2.98. The molecule has 1 atom stereocenters. The van der Waals surface area contributed by atoms with Crippen molar-refractivity contribution in [1.29, 1.82) is 0 Å². The normalized spacial score (nSPS) is 19.6. The number of carbonyl (C=O) groups is 1. The highest BCUT2D eigenvalue weighted by molar-refractivity contribution is 7.91. The van der Waals surface area contributed by atoms with Crippen LogP contribution in [0.3, 0.4) is 0 Å². The van der Waals surface area contributed by atoms with Gasteiger partial charge in [-0.25, -0.2) is 13.2 Å². The Morgan fingerprint density at radius 1 is 1.41 bits per heavy atom. The second-order valence-electron chi connectivity index (χ2n) is 5.35. The molecule has 0 saturated carbocycles. The highest BCUT2D eigenvalue weighted by Crippen LogP contribution is 2.13. The van der Waals surface area contributed by atoms with Gasteiger partial charge in [0.15, 0.2) is 9.84 Å². The third-order valence-electron chi connectivity index (χ3n) is 3.53. The Morgan fingerprint density at radius 3 is 2.91 bits per heavy atom. The SMILES string of the molecule is CCc1cccc(OCCNC(=O)NC2CCS(=O)(=O)C2)c1. The summed E-state index contributed by atoms with van der Waals surface area (Å²) in [6.07, 6.45) is 1.43. The smallest absolute Gasteiger partial charge is 0.315 e. The Labute approximate surface area is 131 Å². The molecule has 0 spiro atoms. The van der Waals surface area contributed by atoms with Gasteiger partial charge in [0.2, 0.25) is 0 Å². The van der Waals surface area contributed by atoms with E-state index in [0.717, 1.165) is 12.2 Å². The summed E-state index contributed by atoms with van der Waals surface area (Å²) in [5, 5.41) is 5.33. The number of hydrogen-bond acceptors (Lipinski definition) is 4. The lowest BCUT2D eigenvalue weighted by atomic mass is 10.2. The molecule has 1 saturated heterocycles. The summed E-state index contributed by atoms with van der Waals surface area (Å²) < 4.78 is 28.2. The molecule has 0 radical (unpaired) electrons. The minimum atomic E-state index is -2.98. The maximum atomic E-state index is 11.6. The summed E-state index contributed by atoms with van der Waals surface area (Å²) in [4.78, 5) is 11.6. The third-order valence-corrected chi connectivity index (χ3v) is 5.30. The van der Waals surface area contributed by atoms with E-state index in [4.69, 9.17) is 4.74 Å². The number of nitrogens with one attached hydrogen (secondary N) is 2. The van der Waals surface area contributed by atoms with Crippen LogP contribution >= 0.6 is 0 Å². The van der Waals surface area contributed by atoms with Gasteiger partial charge in [0.05, 0.1) is 18.1 Å². The van der Waals surface area contributed by atoms with Gasteiger partial charge in [-0.2, -0.15) is 0 Å². The van der Waals surface area contributed by atoms with Gasteiger partial charge in [0.1, 0.15) is 12.4 Å². The number of benzene rings is 1. The molecular formula is C15H22N2O4S. The van der Waals surface area contributed by atoms with Crippen LogP contribution in [0.25, 0.3) is 0 Å². The topological polar surface area (TPSA) is 84.5 Å². The Hall–Kier alpha value is -1.76. The van der Waals surface area contributed by atoms with E-state index in [1.807, 2.05) is 24.3 Å². The second-order valence-corrected chi connectivity index (χ2v) is 7.58. The zero-order valence-electron chi connectivity index (χ0n) is 12.7. The Bertz CT molecular complexity index is 616. The van der Waals surface area contributed by atoms with Crippen molar-refractivity contribution in [1.82, 2.24) is 10.6 Å². The van der Waals surface area contributed by atoms with E-state index in [2.05, 4.69) is 17.6 Å². The molecule has 1 heterocycles. The van der Waals surface area contributed by atoms with E-state index in [-0.39, 0.29) is 23.6 Å². The van der Waals surface area contributed by atoms with Crippen molar-refractivity contribution in [3.63, 3.8) is 0 Å². The molecule has 1 fully saturated rings. The van der Waals surface area contributed by atoms with Gasteiger partial charge < -0.3 is 15.4 Å².